The third-order valence-electron chi connectivity index (χ3n) is 4.54. The van der Waals surface area contributed by atoms with Gasteiger partial charge in [-0.3, -0.25) is 18.9 Å². The monoisotopic (exact) mass is 547 g/mol. The van der Waals surface area contributed by atoms with Crippen molar-refractivity contribution in [3.8, 4) is 5.75 Å². The van der Waals surface area contributed by atoms with Gasteiger partial charge in [-0.1, -0.05) is 5.16 Å². The molecule has 0 aliphatic carbocycles. The fraction of sp³-hybridized carbons (Fsp3) is 0.250. The average molecular weight is 547 g/mol. The SMILES string of the molecule is NC(=O)OC[C@H]1[C@H](NC(=O)/C(=N\OCc2cc(=O)c(O)cn2O)c2csc(N)n2)C(=O)N1S(=O)(=O)O. The van der Waals surface area contributed by atoms with Gasteiger partial charge in [0.1, 0.15) is 30.1 Å². The molecular formula is C16H17N7O11S2. The Morgan fingerprint density at radius 2 is 2.03 bits per heavy atom. The topological polar surface area (TPSA) is 279 Å². The van der Waals surface area contributed by atoms with Crippen molar-refractivity contribution < 1.29 is 47.2 Å². The minimum absolute atomic E-state index is 0.0135. The molecule has 0 radical (unpaired) electrons. The van der Waals surface area contributed by atoms with E-state index in [0.717, 1.165) is 17.4 Å². The predicted octanol–water partition coefficient (Wildman–Crippen LogP) is -2.66. The van der Waals surface area contributed by atoms with Gasteiger partial charge in [0, 0.05) is 11.4 Å². The molecule has 0 unspecified atom stereocenters. The summed E-state index contributed by atoms with van der Waals surface area (Å²) < 4.78 is 37.0. The van der Waals surface area contributed by atoms with Crippen LogP contribution in [0, 0.1) is 0 Å². The van der Waals surface area contributed by atoms with Crippen LogP contribution in [0.5, 0.6) is 5.75 Å². The number of aromatic nitrogens is 2. The van der Waals surface area contributed by atoms with Crippen LogP contribution < -0.4 is 22.2 Å². The zero-order chi connectivity index (χ0) is 26.8. The zero-order valence-corrected chi connectivity index (χ0v) is 19.3. The van der Waals surface area contributed by atoms with E-state index in [1.165, 1.54) is 5.38 Å². The van der Waals surface area contributed by atoms with Gasteiger partial charge in [0.25, 0.3) is 11.8 Å². The highest BCUT2D eigenvalue weighted by Crippen LogP contribution is 2.24. The number of rotatable bonds is 9. The molecule has 0 saturated carbocycles. The third kappa shape index (κ3) is 5.61. The Hall–Kier alpha value is -4.43. The van der Waals surface area contributed by atoms with Crippen LogP contribution in [-0.2, 0) is 36.1 Å². The average Bonchev–Trinajstić information content (AvgIpc) is 3.20. The number of carbonyl (C=O) groups excluding carboxylic acids is 3. The van der Waals surface area contributed by atoms with Crippen LogP contribution in [0.4, 0.5) is 9.93 Å². The predicted molar refractivity (Wildman–Crippen MR) is 117 cm³/mol. The minimum atomic E-state index is -5.06. The molecule has 3 heterocycles. The van der Waals surface area contributed by atoms with Crippen LogP contribution in [0.15, 0.2) is 27.6 Å². The molecule has 194 valence electrons. The summed E-state index contributed by atoms with van der Waals surface area (Å²) in [6.07, 6.45) is -0.600. The molecule has 3 rings (SSSR count). The van der Waals surface area contributed by atoms with E-state index in [2.05, 4.69) is 20.2 Å². The molecular weight excluding hydrogens is 530 g/mol. The maximum Gasteiger partial charge on any atom is 0.404 e. The molecule has 0 aromatic carbocycles. The van der Waals surface area contributed by atoms with Gasteiger partial charge in [-0.25, -0.2) is 14.1 Å². The van der Waals surface area contributed by atoms with E-state index in [1.807, 2.05) is 0 Å². The van der Waals surface area contributed by atoms with Crippen LogP contribution in [-0.4, -0.2) is 79.6 Å². The maximum atomic E-state index is 12.9. The van der Waals surface area contributed by atoms with Gasteiger partial charge < -0.3 is 36.7 Å². The lowest BCUT2D eigenvalue weighted by molar-refractivity contribution is -0.146. The Bertz CT molecular complexity index is 1400. The highest BCUT2D eigenvalue weighted by molar-refractivity contribution is 7.84. The summed E-state index contributed by atoms with van der Waals surface area (Å²) in [5.41, 5.74) is 8.74. The molecule has 0 spiro atoms. The standard InChI is InChI=1S/C16H17N7O11S2/c17-15-19-7(5-35-15)11(21-34-3-6-1-9(24)10(25)2-22(6)29)13(26)20-12-8(4-33-16(18)28)23(14(12)27)36(30,31)32/h1-2,5,8,12,25,29H,3-4H2,(H2,17,19)(H2,18,28)(H,20,26)(H,30,31,32)/b21-11-/t8-,12-/m0/s1. The first kappa shape index (κ1) is 26.2. The molecule has 8 N–H and O–H groups in total. The Kier molecular flexibility index (Phi) is 7.31. The number of thiazole rings is 1. The van der Waals surface area contributed by atoms with E-state index >= 15 is 0 Å². The van der Waals surface area contributed by atoms with Gasteiger partial charge in [-0.2, -0.15) is 13.1 Å². The van der Waals surface area contributed by atoms with Gasteiger partial charge in [-0.05, 0) is 0 Å². The van der Waals surface area contributed by atoms with Crippen LogP contribution in [0.1, 0.15) is 11.4 Å². The number of aromatic hydroxyl groups is 1. The van der Waals surface area contributed by atoms with Crippen molar-refractivity contribution >= 4 is 50.4 Å². The highest BCUT2D eigenvalue weighted by Gasteiger charge is 2.54. The van der Waals surface area contributed by atoms with Crippen LogP contribution in [0.25, 0.3) is 0 Å². The highest BCUT2D eigenvalue weighted by atomic mass is 32.2. The van der Waals surface area contributed by atoms with Gasteiger partial charge in [-0.15, -0.1) is 11.3 Å². The maximum absolute atomic E-state index is 12.9. The van der Waals surface area contributed by atoms with Crippen molar-refractivity contribution in [1.82, 2.24) is 19.3 Å². The molecule has 1 aliphatic rings. The summed E-state index contributed by atoms with van der Waals surface area (Å²) in [5.74, 6) is -3.11. The molecule has 0 bridgehead atoms. The number of β-lactam (4-membered cyclic amide) rings is 1. The number of amides is 3. The van der Waals surface area contributed by atoms with Crippen molar-refractivity contribution in [2.75, 3.05) is 12.3 Å². The first-order valence-corrected chi connectivity index (χ1v) is 11.7. The van der Waals surface area contributed by atoms with Crippen molar-refractivity contribution in [3.63, 3.8) is 0 Å². The number of nitrogens with zero attached hydrogens (tertiary/aromatic N) is 4. The largest absolute Gasteiger partial charge is 0.503 e. The van der Waals surface area contributed by atoms with E-state index < -0.39 is 70.4 Å². The Morgan fingerprint density at radius 1 is 1.33 bits per heavy atom. The number of ether oxygens (including phenoxy) is 1. The normalized spacial score (nSPS) is 17.9. The fourth-order valence-corrected chi connectivity index (χ4v) is 4.34. The lowest BCUT2D eigenvalue weighted by atomic mass is 9.99. The Labute approximate surface area is 204 Å². The number of pyridine rings is 1. The van der Waals surface area contributed by atoms with Crippen LogP contribution >= 0.6 is 11.3 Å². The summed E-state index contributed by atoms with van der Waals surface area (Å²) in [5, 5.41) is 26.1. The lowest BCUT2D eigenvalue weighted by Crippen LogP contribution is -2.73. The smallest absolute Gasteiger partial charge is 0.404 e. The van der Waals surface area contributed by atoms with Crippen molar-refractivity contribution in [2.24, 2.45) is 10.9 Å². The first-order chi connectivity index (χ1) is 16.8. The van der Waals surface area contributed by atoms with E-state index in [1.54, 1.807) is 0 Å². The number of hydrogen-bond donors (Lipinski definition) is 6. The summed E-state index contributed by atoms with van der Waals surface area (Å²) >= 11 is 0.919. The van der Waals surface area contributed by atoms with Gasteiger partial charge >= 0.3 is 16.4 Å². The molecule has 36 heavy (non-hydrogen) atoms. The molecule has 3 amide bonds. The zero-order valence-electron chi connectivity index (χ0n) is 17.7. The molecule has 1 fully saturated rings. The Morgan fingerprint density at radius 3 is 2.61 bits per heavy atom. The third-order valence-corrected chi connectivity index (χ3v) is 6.16. The van der Waals surface area contributed by atoms with Crippen LogP contribution in [0.2, 0.25) is 0 Å². The number of carbonyl (C=O) groups is 3. The number of nitrogens with one attached hydrogen (secondary N) is 1. The van der Waals surface area contributed by atoms with Gasteiger partial charge in [0.2, 0.25) is 5.43 Å². The number of anilines is 1. The van der Waals surface area contributed by atoms with E-state index in [-0.39, 0.29) is 20.8 Å². The number of nitrogen functional groups attached to an aromatic ring is 1. The molecule has 1 saturated heterocycles. The second kappa shape index (κ2) is 10.1. The summed E-state index contributed by atoms with van der Waals surface area (Å²) in [6.45, 7) is -1.36. The van der Waals surface area contributed by atoms with Crippen molar-refractivity contribution in [1.29, 1.82) is 0 Å². The van der Waals surface area contributed by atoms with Gasteiger partial charge in [0.15, 0.2) is 23.2 Å². The summed E-state index contributed by atoms with van der Waals surface area (Å²) in [7, 11) is -5.06. The van der Waals surface area contributed by atoms with E-state index in [9.17, 15) is 42.5 Å². The summed E-state index contributed by atoms with van der Waals surface area (Å²) in [4.78, 5) is 56.5. The number of primary amides is 1. The summed E-state index contributed by atoms with van der Waals surface area (Å²) in [6, 6.07) is -2.29. The second-order valence-electron chi connectivity index (χ2n) is 6.90. The quantitative estimate of drug-likeness (QED) is 0.0615. The molecule has 1 aliphatic heterocycles. The lowest BCUT2D eigenvalue weighted by Gasteiger charge is -2.43. The van der Waals surface area contributed by atoms with Crippen molar-refractivity contribution in [2.45, 2.75) is 18.7 Å². The fourth-order valence-electron chi connectivity index (χ4n) is 2.93. The van der Waals surface area contributed by atoms with Gasteiger partial charge in [0.05, 0.1) is 6.20 Å². The molecule has 2 aromatic rings. The van der Waals surface area contributed by atoms with E-state index in [4.69, 9.17) is 16.3 Å². The molecule has 18 nitrogen and oxygen atoms in total. The second-order valence-corrected chi connectivity index (χ2v) is 9.08. The molecule has 20 heteroatoms. The number of nitrogens with two attached hydrogens (primary N) is 2. The van der Waals surface area contributed by atoms with Crippen LogP contribution in [0.3, 0.4) is 0 Å². The number of oxime groups is 1. The number of hydrogen-bond acceptors (Lipinski definition) is 14. The van der Waals surface area contributed by atoms with Crippen molar-refractivity contribution in [3.05, 3.63) is 39.3 Å². The minimum Gasteiger partial charge on any atom is -0.503 e. The Balaban J connectivity index is 1.83. The van der Waals surface area contributed by atoms with E-state index in [0.29, 0.717) is 10.9 Å². The molecule has 2 aromatic heterocycles. The first-order valence-electron chi connectivity index (χ1n) is 9.38. The molecule has 2 atom stereocenters.